The largest absolute Gasteiger partial charge is 0.382 e. The van der Waals surface area contributed by atoms with E-state index in [0.717, 1.165) is 32.0 Å². The van der Waals surface area contributed by atoms with E-state index in [1.54, 1.807) is 7.11 Å². The summed E-state index contributed by atoms with van der Waals surface area (Å²) in [7, 11) is 3.51. The second-order valence-electron chi connectivity index (χ2n) is 5.02. The minimum Gasteiger partial charge on any atom is -0.382 e. The molecule has 0 unspecified atom stereocenters. The van der Waals surface area contributed by atoms with Crippen LogP contribution < -0.4 is 5.32 Å². The molecule has 1 aromatic carbocycles. The van der Waals surface area contributed by atoms with Crippen LogP contribution in [0.25, 0.3) is 0 Å². The zero-order valence-electron chi connectivity index (χ0n) is 13.0. The van der Waals surface area contributed by atoms with E-state index >= 15 is 0 Å². The first kappa shape index (κ1) is 15.8. The van der Waals surface area contributed by atoms with E-state index in [1.807, 2.05) is 7.05 Å². The number of rotatable bonds is 6. The molecule has 0 fully saturated rings. The molecule has 21 heavy (non-hydrogen) atoms. The number of guanidine groups is 1. The Balaban J connectivity index is 1.78. The smallest absolute Gasteiger partial charge is 0.194 e. The molecule has 2 rings (SSSR count). The first-order valence-corrected chi connectivity index (χ1v) is 7.44. The Morgan fingerprint density at radius 3 is 2.81 bits per heavy atom. The third kappa shape index (κ3) is 4.72. The predicted molar refractivity (Wildman–Crippen MR) is 84.6 cm³/mol. The number of fused-ring (bicyclic) bond motifs is 1. The summed E-state index contributed by atoms with van der Waals surface area (Å²) < 4.78 is 10.4. The predicted octanol–water partition coefficient (Wildman–Crippen LogP) is 1.28. The van der Waals surface area contributed by atoms with Crippen molar-refractivity contribution in [3.63, 3.8) is 0 Å². The molecule has 0 saturated carbocycles. The second-order valence-corrected chi connectivity index (χ2v) is 5.02. The summed E-state index contributed by atoms with van der Waals surface area (Å²) in [6.45, 7) is 4.61. The third-order valence-corrected chi connectivity index (χ3v) is 3.60. The van der Waals surface area contributed by atoms with E-state index in [4.69, 9.17) is 9.47 Å². The van der Waals surface area contributed by atoms with Crippen LogP contribution in [-0.4, -0.2) is 57.9 Å². The Labute approximate surface area is 127 Å². The van der Waals surface area contributed by atoms with Crippen molar-refractivity contribution in [3.8, 4) is 0 Å². The van der Waals surface area contributed by atoms with Crippen molar-refractivity contribution in [2.45, 2.75) is 13.0 Å². The Morgan fingerprint density at radius 1 is 1.24 bits per heavy atom. The summed E-state index contributed by atoms with van der Waals surface area (Å²) in [6, 6.07) is 8.62. The van der Waals surface area contributed by atoms with Crippen LogP contribution in [0.4, 0.5) is 0 Å². The highest BCUT2D eigenvalue weighted by Crippen LogP contribution is 2.18. The van der Waals surface area contributed by atoms with E-state index in [0.29, 0.717) is 19.8 Å². The van der Waals surface area contributed by atoms with Gasteiger partial charge < -0.3 is 19.7 Å². The first-order valence-electron chi connectivity index (χ1n) is 7.44. The van der Waals surface area contributed by atoms with Crippen LogP contribution in [0.15, 0.2) is 29.3 Å². The maximum absolute atomic E-state index is 5.45. The number of ether oxygens (including phenoxy) is 2. The molecule has 1 heterocycles. The van der Waals surface area contributed by atoms with Gasteiger partial charge >= 0.3 is 0 Å². The minimum atomic E-state index is 0.633. The topological polar surface area (TPSA) is 46.1 Å². The molecule has 0 bridgehead atoms. The van der Waals surface area contributed by atoms with Gasteiger partial charge in [-0.05, 0) is 17.5 Å². The minimum absolute atomic E-state index is 0.633. The van der Waals surface area contributed by atoms with Crippen LogP contribution in [0.2, 0.25) is 0 Å². The fourth-order valence-electron chi connectivity index (χ4n) is 2.49. The molecule has 0 spiro atoms. The fraction of sp³-hybridized carbons (Fsp3) is 0.562. The standard InChI is InChI=1S/C16H25N3O2/c1-17-16(18-8-10-21-12-11-20-2)19-9-7-14-5-3-4-6-15(14)13-19/h3-6H,7-13H2,1-2H3,(H,17,18). The molecule has 116 valence electrons. The summed E-state index contributed by atoms with van der Waals surface area (Å²) in [5, 5.41) is 3.36. The lowest BCUT2D eigenvalue weighted by molar-refractivity contribution is 0.0731. The lowest BCUT2D eigenvalue weighted by Crippen LogP contribution is -2.45. The molecule has 1 aliphatic rings. The van der Waals surface area contributed by atoms with Gasteiger partial charge in [-0.2, -0.15) is 0 Å². The van der Waals surface area contributed by atoms with Crippen molar-refractivity contribution in [2.24, 2.45) is 4.99 Å². The van der Waals surface area contributed by atoms with Crippen molar-refractivity contribution in [2.75, 3.05) is 47.1 Å². The lowest BCUT2D eigenvalue weighted by atomic mass is 10.0. The molecule has 0 atom stereocenters. The van der Waals surface area contributed by atoms with E-state index < -0.39 is 0 Å². The molecule has 1 N–H and O–H groups in total. The highest BCUT2D eigenvalue weighted by Gasteiger charge is 2.18. The van der Waals surface area contributed by atoms with Gasteiger partial charge in [0.2, 0.25) is 0 Å². The SMILES string of the molecule is CN=C(NCCOCCOC)N1CCc2ccccc2C1. The molecule has 1 aromatic rings. The average Bonchev–Trinajstić information content (AvgIpc) is 2.54. The van der Waals surface area contributed by atoms with Gasteiger partial charge in [-0.15, -0.1) is 0 Å². The molecule has 0 aliphatic carbocycles. The van der Waals surface area contributed by atoms with Crippen molar-refractivity contribution < 1.29 is 9.47 Å². The van der Waals surface area contributed by atoms with Crippen molar-refractivity contribution >= 4 is 5.96 Å². The van der Waals surface area contributed by atoms with Gasteiger partial charge in [-0.25, -0.2) is 0 Å². The van der Waals surface area contributed by atoms with Crippen LogP contribution in [0.5, 0.6) is 0 Å². The van der Waals surface area contributed by atoms with Crippen LogP contribution in [0.3, 0.4) is 0 Å². The quantitative estimate of drug-likeness (QED) is 0.487. The van der Waals surface area contributed by atoms with Crippen LogP contribution in [0, 0.1) is 0 Å². The summed E-state index contributed by atoms with van der Waals surface area (Å²) in [5.41, 5.74) is 2.84. The van der Waals surface area contributed by atoms with Gasteiger partial charge in [-0.1, -0.05) is 24.3 Å². The summed E-state index contributed by atoms with van der Waals surface area (Å²) in [4.78, 5) is 6.66. The second kappa shape index (κ2) is 8.64. The van der Waals surface area contributed by atoms with Gasteiger partial charge in [0.15, 0.2) is 5.96 Å². The van der Waals surface area contributed by atoms with Gasteiger partial charge in [0, 0.05) is 33.8 Å². The summed E-state index contributed by atoms with van der Waals surface area (Å²) >= 11 is 0. The number of methoxy groups -OCH3 is 1. The first-order chi connectivity index (χ1) is 10.3. The van der Waals surface area contributed by atoms with E-state index in [1.165, 1.54) is 11.1 Å². The van der Waals surface area contributed by atoms with Crippen LogP contribution in [-0.2, 0) is 22.4 Å². The van der Waals surface area contributed by atoms with E-state index in [2.05, 4.69) is 39.5 Å². The summed E-state index contributed by atoms with van der Waals surface area (Å²) in [5.74, 6) is 0.944. The molecule has 0 radical (unpaired) electrons. The molecule has 0 aromatic heterocycles. The number of benzene rings is 1. The van der Waals surface area contributed by atoms with Crippen LogP contribution in [0.1, 0.15) is 11.1 Å². The number of aliphatic imine (C=N–C) groups is 1. The molecular weight excluding hydrogens is 266 g/mol. The van der Waals surface area contributed by atoms with Gasteiger partial charge in [0.05, 0.1) is 19.8 Å². The Hall–Kier alpha value is -1.59. The maximum Gasteiger partial charge on any atom is 0.194 e. The van der Waals surface area contributed by atoms with Gasteiger partial charge in [-0.3, -0.25) is 4.99 Å². The molecule has 0 saturated heterocycles. The number of hydrogen-bond donors (Lipinski definition) is 1. The zero-order valence-corrected chi connectivity index (χ0v) is 13.0. The van der Waals surface area contributed by atoms with Crippen molar-refractivity contribution in [1.82, 2.24) is 10.2 Å². The molecule has 1 aliphatic heterocycles. The fourth-order valence-corrected chi connectivity index (χ4v) is 2.49. The van der Waals surface area contributed by atoms with E-state index in [-0.39, 0.29) is 0 Å². The third-order valence-electron chi connectivity index (χ3n) is 3.60. The Kier molecular flexibility index (Phi) is 6.50. The van der Waals surface area contributed by atoms with E-state index in [9.17, 15) is 0 Å². The van der Waals surface area contributed by atoms with Crippen molar-refractivity contribution in [1.29, 1.82) is 0 Å². The van der Waals surface area contributed by atoms with Crippen LogP contribution >= 0.6 is 0 Å². The zero-order chi connectivity index (χ0) is 14.9. The van der Waals surface area contributed by atoms with Gasteiger partial charge in [0.25, 0.3) is 0 Å². The molecule has 5 nitrogen and oxygen atoms in total. The van der Waals surface area contributed by atoms with Gasteiger partial charge in [0.1, 0.15) is 0 Å². The number of hydrogen-bond acceptors (Lipinski definition) is 3. The molecule has 0 amide bonds. The highest BCUT2D eigenvalue weighted by atomic mass is 16.5. The average molecular weight is 291 g/mol. The van der Waals surface area contributed by atoms with Crippen molar-refractivity contribution in [3.05, 3.63) is 35.4 Å². The lowest BCUT2D eigenvalue weighted by Gasteiger charge is -2.31. The highest BCUT2D eigenvalue weighted by molar-refractivity contribution is 5.80. The molecular formula is C16H25N3O2. The number of nitrogens with one attached hydrogen (secondary N) is 1. The normalized spacial score (nSPS) is 15.0. The summed E-state index contributed by atoms with van der Waals surface area (Å²) in [6.07, 6.45) is 1.07. The number of nitrogens with zero attached hydrogens (tertiary/aromatic N) is 2. The maximum atomic E-state index is 5.45. The Morgan fingerprint density at radius 2 is 2.05 bits per heavy atom. The Bertz CT molecular complexity index is 463. The molecule has 5 heteroatoms. The monoisotopic (exact) mass is 291 g/mol.